The lowest BCUT2D eigenvalue weighted by Gasteiger charge is -2.16. The third kappa shape index (κ3) is 4.77. The molecule has 0 aliphatic rings. The molecule has 0 amide bonds. The van der Waals surface area contributed by atoms with Gasteiger partial charge >= 0.3 is 0 Å². The van der Waals surface area contributed by atoms with Crippen molar-refractivity contribution in [1.82, 2.24) is 5.43 Å². The highest BCUT2D eigenvalue weighted by Crippen LogP contribution is 2.31. The van der Waals surface area contributed by atoms with E-state index >= 15 is 0 Å². The number of nitrogens with one attached hydrogen (secondary N) is 2. The maximum absolute atomic E-state index is 6.10. The van der Waals surface area contributed by atoms with Crippen molar-refractivity contribution in [2.24, 2.45) is 0 Å². The van der Waals surface area contributed by atoms with E-state index < -0.39 is 0 Å². The molecule has 3 aromatic carbocycles. The van der Waals surface area contributed by atoms with Crippen LogP contribution in [0.4, 0.5) is 5.69 Å². The number of anilines is 1. The lowest BCUT2D eigenvalue weighted by Crippen LogP contribution is -2.21. The molecule has 0 atom stereocenters. The predicted molar refractivity (Wildman–Crippen MR) is 105 cm³/mol. The molecule has 0 spiro atoms. The zero-order chi connectivity index (χ0) is 18.2. The minimum Gasteiger partial charge on any atom is -0.493 e. The van der Waals surface area contributed by atoms with E-state index in [0.29, 0.717) is 13.2 Å². The number of rotatable bonds is 8. The van der Waals surface area contributed by atoms with E-state index in [-0.39, 0.29) is 0 Å². The average molecular weight is 348 g/mol. The first-order valence-corrected chi connectivity index (χ1v) is 8.64. The van der Waals surface area contributed by atoms with Crippen LogP contribution in [-0.2, 0) is 13.2 Å². The van der Waals surface area contributed by atoms with Gasteiger partial charge in [-0.15, -0.1) is 0 Å². The SMILES string of the molecule is COc1cccc(CNNc2ccccc2)c1OCc1ccc(C)cc1. The van der Waals surface area contributed by atoms with Gasteiger partial charge in [-0.25, -0.2) is 5.43 Å². The second-order valence-electron chi connectivity index (χ2n) is 6.07. The summed E-state index contributed by atoms with van der Waals surface area (Å²) >= 11 is 0. The Morgan fingerprint density at radius 1 is 0.846 bits per heavy atom. The van der Waals surface area contributed by atoms with E-state index in [4.69, 9.17) is 9.47 Å². The van der Waals surface area contributed by atoms with Crippen molar-refractivity contribution < 1.29 is 9.47 Å². The fourth-order valence-electron chi connectivity index (χ4n) is 2.63. The normalized spacial score (nSPS) is 10.4. The zero-order valence-corrected chi connectivity index (χ0v) is 15.2. The second kappa shape index (κ2) is 8.92. The van der Waals surface area contributed by atoms with E-state index in [0.717, 1.165) is 28.3 Å². The Kier molecular flexibility index (Phi) is 6.12. The first-order valence-electron chi connectivity index (χ1n) is 8.64. The maximum atomic E-state index is 6.10. The number of benzene rings is 3. The summed E-state index contributed by atoms with van der Waals surface area (Å²) in [6, 6.07) is 24.3. The van der Waals surface area contributed by atoms with Gasteiger partial charge in [0.25, 0.3) is 0 Å². The van der Waals surface area contributed by atoms with Crippen molar-refractivity contribution in [2.75, 3.05) is 12.5 Å². The van der Waals surface area contributed by atoms with Crippen LogP contribution in [0.3, 0.4) is 0 Å². The first-order chi connectivity index (χ1) is 12.8. The van der Waals surface area contributed by atoms with Crippen LogP contribution in [0.25, 0.3) is 0 Å². The third-order valence-electron chi connectivity index (χ3n) is 4.07. The van der Waals surface area contributed by atoms with E-state index in [9.17, 15) is 0 Å². The van der Waals surface area contributed by atoms with Gasteiger partial charge in [0.05, 0.1) is 7.11 Å². The molecule has 134 valence electrons. The number of hydrogen-bond acceptors (Lipinski definition) is 4. The highest BCUT2D eigenvalue weighted by molar-refractivity contribution is 5.47. The van der Waals surface area contributed by atoms with Gasteiger partial charge in [-0.1, -0.05) is 60.2 Å². The summed E-state index contributed by atoms with van der Waals surface area (Å²) in [5, 5.41) is 0. The molecule has 0 heterocycles. The Labute approximate surface area is 154 Å². The van der Waals surface area contributed by atoms with Crippen molar-refractivity contribution in [3.8, 4) is 11.5 Å². The monoisotopic (exact) mass is 348 g/mol. The second-order valence-corrected chi connectivity index (χ2v) is 6.07. The fraction of sp³-hybridized carbons (Fsp3) is 0.182. The zero-order valence-electron chi connectivity index (χ0n) is 15.2. The molecule has 0 unspecified atom stereocenters. The van der Waals surface area contributed by atoms with Crippen molar-refractivity contribution in [2.45, 2.75) is 20.1 Å². The van der Waals surface area contributed by atoms with Crippen LogP contribution in [0, 0.1) is 6.92 Å². The quantitative estimate of drug-likeness (QED) is 0.579. The number of aryl methyl sites for hydroxylation is 1. The van der Waals surface area contributed by atoms with Gasteiger partial charge in [0.15, 0.2) is 11.5 Å². The van der Waals surface area contributed by atoms with Gasteiger partial charge in [0.2, 0.25) is 0 Å². The standard InChI is InChI=1S/C22H24N2O2/c1-17-11-13-18(14-12-17)16-26-22-19(7-6-10-21(22)25-2)15-23-24-20-8-4-3-5-9-20/h3-14,23-24H,15-16H2,1-2H3. The Balaban J connectivity index is 1.67. The lowest BCUT2D eigenvalue weighted by molar-refractivity contribution is 0.281. The van der Waals surface area contributed by atoms with Crippen molar-refractivity contribution >= 4 is 5.69 Å². The van der Waals surface area contributed by atoms with Gasteiger partial charge in [-0.05, 0) is 30.7 Å². The maximum Gasteiger partial charge on any atom is 0.166 e. The molecule has 26 heavy (non-hydrogen) atoms. The molecule has 0 aliphatic heterocycles. The molecular weight excluding hydrogens is 324 g/mol. The molecule has 3 aromatic rings. The van der Waals surface area contributed by atoms with Crippen molar-refractivity contribution in [1.29, 1.82) is 0 Å². The molecule has 0 saturated carbocycles. The van der Waals surface area contributed by atoms with Crippen molar-refractivity contribution in [3.63, 3.8) is 0 Å². The van der Waals surface area contributed by atoms with Crippen LogP contribution in [0.1, 0.15) is 16.7 Å². The molecule has 3 rings (SSSR count). The Bertz CT molecular complexity index is 817. The topological polar surface area (TPSA) is 42.5 Å². The summed E-state index contributed by atoms with van der Waals surface area (Å²) in [4.78, 5) is 0. The number of methoxy groups -OCH3 is 1. The van der Waals surface area contributed by atoms with Crippen molar-refractivity contribution in [3.05, 3.63) is 89.5 Å². The van der Waals surface area contributed by atoms with E-state index in [1.165, 1.54) is 5.56 Å². The summed E-state index contributed by atoms with van der Waals surface area (Å²) < 4.78 is 11.6. The summed E-state index contributed by atoms with van der Waals surface area (Å²) in [7, 11) is 1.66. The molecule has 0 radical (unpaired) electrons. The van der Waals surface area contributed by atoms with Crippen LogP contribution >= 0.6 is 0 Å². The lowest BCUT2D eigenvalue weighted by atomic mass is 10.1. The molecule has 0 bridgehead atoms. The summed E-state index contributed by atoms with van der Waals surface area (Å²) in [5.41, 5.74) is 10.8. The van der Waals surface area contributed by atoms with Gasteiger partial charge in [0, 0.05) is 17.8 Å². The summed E-state index contributed by atoms with van der Waals surface area (Å²) in [6.45, 7) is 3.18. The van der Waals surface area contributed by atoms with E-state index in [1.54, 1.807) is 7.11 Å². The first kappa shape index (κ1) is 17.8. The number of ether oxygens (including phenoxy) is 2. The number of hydrazine groups is 1. The minimum atomic E-state index is 0.500. The van der Waals surface area contributed by atoms with Gasteiger partial charge in [-0.3, -0.25) is 0 Å². The molecule has 2 N–H and O–H groups in total. The van der Waals surface area contributed by atoms with Crippen LogP contribution in [0.15, 0.2) is 72.8 Å². The molecule has 0 saturated heterocycles. The smallest absolute Gasteiger partial charge is 0.166 e. The molecular formula is C22H24N2O2. The third-order valence-corrected chi connectivity index (χ3v) is 4.07. The van der Waals surface area contributed by atoms with Crippen LogP contribution in [-0.4, -0.2) is 7.11 Å². The Hall–Kier alpha value is -2.98. The molecule has 0 aliphatic carbocycles. The van der Waals surface area contributed by atoms with Crippen LogP contribution in [0.2, 0.25) is 0 Å². The molecule has 4 heteroatoms. The Morgan fingerprint density at radius 2 is 1.62 bits per heavy atom. The van der Waals surface area contributed by atoms with Crippen LogP contribution in [0.5, 0.6) is 11.5 Å². The van der Waals surface area contributed by atoms with Gasteiger partial charge < -0.3 is 14.9 Å². The van der Waals surface area contributed by atoms with E-state index in [1.807, 2.05) is 48.5 Å². The largest absolute Gasteiger partial charge is 0.493 e. The minimum absolute atomic E-state index is 0.500. The average Bonchev–Trinajstić information content (AvgIpc) is 2.69. The predicted octanol–water partition coefficient (Wildman–Crippen LogP) is 4.70. The van der Waals surface area contributed by atoms with Crippen LogP contribution < -0.4 is 20.3 Å². The Morgan fingerprint density at radius 3 is 2.35 bits per heavy atom. The van der Waals surface area contributed by atoms with Gasteiger partial charge in [-0.2, -0.15) is 0 Å². The fourth-order valence-corrected chi connectivity index (χ4v) is 2.63. The highest BCUT2D eigenvalue weighted by atomic mass is 16.5. The summed E-state index contributed by atoms with van der Waals surface area (Å²) in [6.07, 6.45) is 0. The number of hydrogen-bond donors (Lipinski definition) is 2. The number of para-hydroxylation sites is 2. The molecule has 4 nitrogen and oxygen atoms in total. The van der Waals surface area contributed by atoms with E-state index in [2.05, 4.69) is 42.0 Å². The molecule has 0 aromatic heterocycles. The molecule has 0 fully saturated rings. The highest BCUT2D eigenvalue weighted by Gasteiger charge is 2.11. The van der Waals surface area contributed by atoms with Gasteiger partial charge in [0.1, 0.15) is 6.61 Å². The summed E-state index contributed by atoms with van der Waals surface area (Å²) in [5.74, 6) is 1.49.